The Hall–Kier alpha value is -2.41. The monoisotopic (exact) mass is 352 g/mol. The zero-order valence-corrected chi connectivity index (χ0v) is 15.0. The van der Waals surface area contributed by atoms with Crippen LogP contribution in [0.5, 0.6) is 0 Å². The highest BCUT2D eigenvalue weighted by atomic mass is 16.2. The van der Waals surface area contributed by atoms with Gasteiger partial charge in [-0.1, -0.05) is 6.07 Å². The number of carbonyl (C=O) groups is 1. The molecular weight excluding hydrogens is 328 g/mol. The van der Waals surface area contributed by atoms with Crippen LogP contribution in [0.2, 0.25) is 0 Å². The summed E-state index contributed by atoms with van der Waals surface area (Å²) >= 11 is 0. The average Bonchev–Trinajstić information content (AvgIpc) is 3.28. The first-order valence-corrected chi connectivity index (χ1v) is 9.46. The largest absolute Gasteiger partial charge is 0.358 e. The van der Waals surface area contributed by atoms with Gasteiger partial charge in [-0.15, -0.1) is 0 Å². The standard InChI is InChI=1S/C19H24N6O/c1-24-9-6-20-18(24)13-2-3-14-15(10-13)22-23-17(14)19(26)21-16-11-25-7-4-12(16)5-8-25/h2-3,10,12,16H,4-9,11H2,1H3,(H,21,26)(H,22,23)/t16-/m1/s1. The van der Waals surface area contributed by atoms with E-state index in [0.717, 1.165) is 41.9 Å². The summed E-state index contributed by atoms with van der Waals surface area (Å²) in [6, 6.07) is 6.30. The highest BCUT2D eigenvalue weighted by Crippen LogP contribution is 2.28. The second-order valence-corrected chi connectivity index (χ2v) is 7.68. The average molecular weight is 352 g/mol. The molecule has 6 rings (SSSR count). The molecule has 1 aromatic heterocycles. The third kappa shape index (κ3) is 2.58. The van der Waals surface area contributed by atoms with E-state index in [-0.39, 0.29) is 11.9 Å². The van der Waals surface area contributed by atoms with Crippen molar-refractivity contribution in [3.05, 3.63) is 29.5 Å². The van der Waals surface area contributed by atoms with Gasteiger partial charge < -0.3 is 15.1 Å². The van der Waals surface area contributed by atoms with Crippen molar-refractivity contribution in [1.29, 1.82) is 0 Å². The first kappa shape index (κ1) is 15.8. The van der Waals surface area contributed by atoms with Crippen molar-refractivity contribution in [2.45, 2.75) is 18.9 Å². The number of amides is 1. The number of nitrogens with zero attached hydrogens (tertiary/aromatic N) is 4. The summed E-state index contributed by atoms with van der Waals surface area (Å²) < 4.78 is 0. The molecule has 4 aliphatic rings. The number of fused-ring (bicyclic) bond motifs is 4. The van der Waals surface area contributed by atoms with Gasteiger partial charge in [0, 0.05) is 37.1 Å². The van der Waals surface area contributed by atoms with Crippen molar-refractivity contribution < 1.29 is 4.79 Å². The molecule has 0 unspecified atom stereocenters. The molecule has 0 saturated carbocycles. The van der Waals surface area contributed by atoms with Crippen molar-refractivity contribution in [2.24, 2.45) is 10.9 Å². The maximum absolute atomic E-state index is 12.8. The number of piperidine rings is 3. The third-order valence-electron chi connectivity index (χ3n) is 6.07. The Morgan fingerprint density at radius 1 is 1.27 bits per heavy atom. The summed E-state index contributed by atoms with van der Waals surface area (Å²) in [5.74, 6) is 1.54. The zero-order valence-electron chi connectivity index (χ0n) is 15.0. The summed E-state index contributed by atoms with van der Waals surface area (Å²) in [7, 11) is 2.05. The maximum Gasteiger partial charge on any atom is 0.272 e. The molecule has 7 heteroatoms. The van der Waals surface area contributed by atoms with E-state index in [0.29, 0.717) is 11.6 Å². The Labute approximate surface area is 152 Å². The lowest BCUT2D eigenvalue weighted by Gasteiger charge is -2.44. The molecule has 0 aliphatic carbocycles. The Kier molecular flexibility index (Phi) is 3.70. The summed E-state index contributed by atoms with van der Waals surface area (Å²) in [4.78, 5) is 22.0. The van der Waals surface area contributed by atoms with Gasteiger partial charge in [-0.2, -0.15) is 5.10 Å². The van der Waals surface area contributed by atoms with Crippen LogP contribution in [0.4, 0.5) is 0 Å². The number of likely N-dealkylation sites (N-methyl/N-ethyl adjacent to an activating group) is 1. The molecule has 2 bridgehead atoms. The van der Waals surface area contributed by atoms with E-state index in [4.69, 9.17) is 0 Å². The summed E-state index contributed by atoms with van der Waals surface area (Å²) in [6.07, 6.45) is 2.37. The molecule has 136 valence electrons. The minimum Gasteiger partial charge on any atom is -0.358 e. The molecule has 1 aromatic carbocycles. The van der Waals surface area contributed by atoms with Crippen molar-refractivity contribution in [3.63, 3.8) is 0 Å². The topological polar surface area (TPSA) is 76.6 Å². The van der Waals surface area contributed by atoms with E-state index < -0.39 is 0 Å². The molecule has 4 aliphatic heterocycles. The van der Waals surface area contributed by atoms with Crippen LogP contribution in [0, 0.1) is 5.92 Å². The fraction of sp³-hybridized carbons (Fsp3) is 0.526. The molecule has 2 N–H and O–H groups in total. The minimum absolute atomic E-state index is 0.0712. The smallest absolute Gasteiger partial charge is 0.272 e. The van der Waals surface area contributed by atoms with Gasteiger partial charge in [0.2, 0.25) is 0 Å². The molecule has 1 atom stereocenters. The molecule has 3 fully saturated rings. The highest BCUT2D eigenvalue weighted by Gasteiger charge is 2.35. The number of H-pyrrole nitrogens is 1. The number of rotatable bonds is 3. The maximum atomic E-state index is 12.8. The Morgan fingerprint density at radius 2 is 2.12 bits per heavy atom. The van der Waals surface area contributed by atoms with E-state index in [9.17, 15) is 4.79 Å². The van der Waals surface area contributed by atoms with Gasteiger partial charge in [0.05, 0.1) is 12.1 Å². The van der Waals surface area contributed by atoms with Crippen LogP contribution in [0.1, 0.15) is 28.9 Å². The lowest BCUT2D eigenvalue weighted by Crippen LogP contribution is -2.57. The zero-order chi connectivity index (χ0) is 17.7. The number of hydrogen-bond donors (Lipinski definition) is 2. The van der Waals surface area contributed by atoms with Gasteiger partial charge in [0.15, 0.2) is 5.69 Å². The van der Waals surface area contributed by atoms with Crippen LogP contribution >= 0.6 is 0 Å². The number of aromatic amines is 1. The fourth-order valence-corrected chi connectivity index (χ4v) is 4.54. The predicted molar refractivity (Wildman–Crippen MR) is 101 cm³/mol. The number of benzene rings is 1. The number of amidine groups is 1. The molecule has 5 heterocycles. The quantitative estimate of drug-likeness (QED) is 0.867. The first-order valence-electron chi connectivity index (χ1n) is 9.46. The lowest BCUT2D eigenvalue weighted by atomic mass is 9.84. The molecule has 7 nitrogen and oxygen atoms in total. The molecule has 0 spiro atoms. The van der Waals surface area contributed by atoms with Gasteiger partial charge in [-0.3, -0.25) is 14.9 Å². The normalized spacial score (nSPS) is 27.8. The Bertz CT molecular complexity index is 879. The van der Waals surface area contributed by atoms with Gasteiger partial charge >= 0.3 is 0 Å². The highest BCUT2D eigenvalue weighted by molar-refractivity contribution is 6.07. The fourth-order valence-electron chi connectivity index (χ4n) is 4.54. The lowest BCUT2D eigenvalue weighted by molar-refractivity contribution is 0.0618. The van der Waals surface area contributed by atoms with Crippen LogP contribution < -0.4 is 5.32 Å². The van der Waals surface area contributed by atoms with Crippen LogP contribution in [-0.4, -0.2) is 77.6 Å². The van der Waals surface area contributed by atoms with Gasteiger partial charge in [-0.05, 0) is 44.0 Å². The van der Waals surface area contributed by atoms with E-state index >= 15 is 0 Å². The molecule has 0 radical (unpaired) electrons. The Balaban J connectivity index is 1.38. The summed E-state index contributed by atoms with van der Waals surface area (Å²) in [5, 5.41) is 11.4. The minimum atomic E-state index is -0.0712. The van der Waals surface area contributed by atoms with Crippen LogP contribution in [-0.2, 0) is 0 Å². The number of aromatic nitrogens is 2. The predicted octanol–water partition coefficient (Wildman–Crippen LogP) is 1.08. The first-order chi connectivity index (χ1) is 12.7. The number of nitrogens with one attached hydrogen (secondary N) is 2. The second-order valence-electron chi connectivity index (χ2n) is 7.68. The Morgan fingerprint density at radius 3 is 2.81 bits per heavy atom. The van der Waals surface area contributed by atoms with Crippen LogP contribution in [0.25, 0.3) is 10.9 Å². The van der Waals surface area contributed by atoms with E-state index in [1.165, 1.54) is 25.9 Å². The van der Waals surface area contributed by atoms with E-state index in [1.807, 2.05) is 18.2 Å². The molecule has 2 aromatic rings. The van der Waals surface area contributed by atoms with Crippen LogP contribution in [0.15, 0.2) is 23.2 Å². The summed E-state index contributed by atoms with van der Waals surface area (Å²) in [5.41, 5.74) is 2.43. The van der Waals surface area contributed by atoms with E-state index in [2.05, 4.69) is 37.4 Å². The molecule has 3 saturated heterocycles. The molecule has 26 heavy (non-hydrogen) atoms. The van der Waals surface area contributed by atoms with Crippen molar-refractivity contribution >= 4 is 22.6 Å². The summed E-state index contributed by atoms with van der Waals surface area (Å²) in [6.45, 7) is 5.09. The van der Waals surface area contributed by atoms with Gasteiger partial charge in [-0.25, -0.2) is 0 Å². The number of hydrogen-bond acceptors (Lipinski definition) is 5. The molecule has 1 amide bonds. The van der Waals surface area contributed by atoms with Crippen molar-refractivity contribution in [2.75, 3.05) is 39.8 Å². The number of carbonyl (C=O) groups excluding carboxylic acids is 1. The SMILES string of the molecule is CN1CCN=C1c1ccc2c(C(=O)N[C@@H]3CN4CCC3CC4)n[nH]c2c1. The van der Waals surface area contributed by atoms with Crippen molar-refractivity contribution in [3.8, 4) is 0 Å². The number of aliphatic imine (C=N–C) groups is 1. The van der Waals surface area contributed by atoms with Crippen molar-refractivity contribution in [1.82, 2.24) is 25.3 Å². The van der Waals surface area contributed by atoms with Crippen LogP contribution in [0.3, 0.4) is 0 Å². The van der Waals surface area contributed by atoms with Gasteiger partial charge in [0.25, 0.3) is 5.91 Å². The second kappa shape index (κ2) is 6.09. The van der Waals surface area contributed by atoms with E-state index in [1.54, 1.807) is 0 Å². The van der Waals surface area contributed by atoms with Gasteiger partial charge in [0.1, 0.15) is 5.84 Å². The molecular formula is C19H24N6O. The third-order valence-corrected chi connectivity index (χ3v) is 6.07.